The van der Waals surface area contributed by atoms with Crippen LogP contribution in [0.2, 0.25) is 0 Å². The van der Waals surface area contributed by atoms with E-state index in [1.807, 2.05) is 12.1 Å². The van der Waals surface area contributed by atoms with E-state index in [-0.39, 0.29) is 34.7 Å². The number of anilines is 1. The molecule has 31 heavy (non-hydrogen) atoms. The van der Waals surface area contributed by atoms with Crippen LogP contribution in [-0.4, -0.2) is 52.0 Å². The van der Waals surface area contributed by atoms with Gasteiger partial charge in [0.1, 0.15) is 10.6 Å². The van der Waals surface area contributed by atoms with Gasteiger partial charge in [0.15, 0.2) is 0 Å². The molecule has 8 nitrogen and oxygen atoms in total. The third-order valence-corrected chi connectivity index (χ3v) is 7.59. The summed E-state index contributed by atoms with van der Waals surface area (Å²) in [4.78, 5) is 12.7. The third-order valence-electron chi connectivity index (χ3n) is 5.67. The molecule has 2 fully saturated rings. The maximum atomic E-state index is 13.1. The van der Waals surface area contributed by atoms with Crippen molar-refractivity contribution in [3.63, 3.8) is 0 Å². The second kappa shape index (κ2) is 8.30. The van der Waals surface area contributed by atoms with Crippen LogP contribution in [0.15, 0.2) is 47.4 Å². The van der Waals surface area contributed by atoms with Gasteiger partial charge in [-0.15, -0.1) is 0 Å². The molecule has 0 spiro atoms. The molecule has 1 aliphatic carbocycles. The van der Waals surface area contributed by atoms with Gasteiger partial charge >= 0.3 is 0 Å². The fourth-order valence-electron chi connectivity index (χ4n) is 3.61. The van der Waals surface area contributed by atoms with Gasteiger partial charge in [-0.05, 0) is 48.7 Å². The molecule has 0 unspecified atom stereocenters. The van der Waals surface area contributed by atoms with E-state index in [4.69, 9.17) is 9.47 Å². The molecular formula is C22H23N3O5S. The molecule has 1 amide bonds. The summed E-state index contributed by atoms with van der Waals surface area (Å²) in [7, 11) is -2.44. The van der Waals surface area contributed by atoms with Crippen molar-refractivity contribution in [1.29, 1.82) is 5.26 Å². The number of hydrogen-bond acceptors (Lipinski definition) is 6. The summed E-state index contributed by atoms with van der Waals surface area (Å²) >= 11 is 0. The molecule has 9 heteroatoms. The molecule has 0 aromatic heterocycles. The maximum absolute atomic E-state index is 13.1. The minimum Gasteiger partial charge on any atom is -0.495 e. The highest BCUT2D eigenvalue weighted by molar-refractivity contribution is 7.89. The van der Waals surface area contributed by atoms with Crippen LogP contribution in [0.25, 0.3) is 0 Å². The molecule has 2 aliphatic rings. The Morgan fingerprint density at radius 1 is 1.16 bits per heavy atom. The number of benzene rings is 2. The lowest BCUT2D eigenvalue weighted by atomic mass is 9.98. The monoisotopic (exact) mass is 441 g/mol. The smallest absolute Gasteiger partial charge is 0.255 e. The molecule has 1 aliphatic heterocycles. The molecule has 1 saturated carbocycles. The predicted molar refractivity (Wildman–Crippen MR) is 113 cm³/mol. The maximum Gasteiger partial charge on any atom is 0.255 e. The van der Waals surface area contributed by atoms with Crippen molar-refractivity contribution in [3.05, 3.63) is 53.6 Å². The molecule has 0 radical (unpaired) electrons. The molecule has 2 aromatic carbocycles. The number of methoxy groups -OCH3 is 1. The standard InChI is InChI=1S/C22H23N3O5S/c1-29-19-7-2-16(14-20(19)31(27,28)25-10-12-30-13-11-25)21(26)24-18-5-3-17(4-6-18)22(15-23)8-9-22/h2-7,14H,8-13H2,1H3,(H,24,26). The van der Waals surface area contributed by atoms with Crippen molar-refractivity contribution in [3.8, 4) is 11.8 Å². The predicted octanol–water partition coefficient (Wildman–Crippen LogP) is 2.52. The first-order chi connectivity index (χ1) is 14.9. The molecule has 162 valence electrons. The number of morpholine rings is 1. The van der Waals surface area contributed by atoms with E-state index in [0.717, 1.165) is 18.4 Å². The lowest BCUT2D eigenvalue weighted by Gasteiger charge is -2.26. The fraction of sp³-hybridized carbons (Fsp3) is 0.364. The average Bonchev–Trinajstić information content (AvgIpc) is 3.61. The SMILES string of the molecule is COc1ccc(C(=O)Nc2ccc(C3(C#N)CC3)cc2)cc1S(=O)(=O)N1CCOCC1. The van der Waals surface area contributed by atoms with Gasteiger partial charge < -0.3 is 14.8 Å². The zero-order valence-corrected chi connectivity index (χ0v) is 17.9. The molecule has 4 rings (SSSR count). The van der Waals surface area contributed by atoms with Crippen molar-refractivity contribution in [1.82, 2.24) is 4.31 Å². The van der Waals surface area contributed by atoms with Gasteiger partial charge in [0.05, 0.1) is 31.8 Å². The Morgan fingerprint density at radius 2 is 1.84 bits per heavy atom. The summed E-state index contributed by atoms with van der Waals surface area (Å²) in [6.45, 7) is 1.15. The zero-order valence-electron chi connectivity index (χ0n) is 17.1. The average molecular weight is 442 g/mol. The van der Waals surface area contributed by atoms with E-state index in [1.54, 1.807) is 12.1 Å². The first-order valence-corrected chi connectivity index (χ1v) is 11.4. The summed E-state index contributed by atoms with van der Waals surface area (Å²) in [5.74, 6) is -0.256. The van der Waals surface area contributed by atoms with Crippen molar-refractivity contribution in [2.45, 2.75) is 23.2 Å². The number of ether oxygens (including phenoxy) is 2. The molecule has 0 atom stereocenters. The van der Waals surface area contributed by atoms with Gasteiger partial charge in [-0.3, -0.25) is 4.79 Å². The normalized spacial score (nSPS) is 18.1. The number of nitrogens with one attached hydrogen (secondary N) is 1. The number of nitrogens with zero attached hydrogens (tertiary/aromatic N) is 2. The number of rotatable bonds is 6. The van der Waals surface area contributed by atoms with E-state index in [1.165, 1.54) is 29.6 Å². The summed E-state index contributed by atoms with van der Waals surface area (Å²) in [5.41, 5.74) is 1.32. The Labute approximate surface area is 181 Å². The molecular weight excluding hydrogens is 418 g/mol. The molecule has 1 saturated heterocycles. The van der Waals surface area contributed by atoms with Crippen LogP contribution in [0, 0.1) is 11.3 Å². The van der Waals surface area contributed by atoms with Gasteiger partial charge in [0.2, 0.25) is 10.0 Å². The van der Waals surface area contributed by atoms with Gasteiger partial charge in [-0.1, -0.05) is 12.1 Å². The third kappa shape index (κ3) is 4.14. The summed E-state index contributed by atoms with van der Waals surface area (Å²) < 4.78 is 38.0. The van der Waals surface area contributed by atoms with Crippen molar-refractivity contribution < 1.29 is 22.7 Å². The van der Waals surface area contributed by atoms with Gasteiger partial charge in [0, 0.05) is 24.3 Å². The highest BCUT2D eigenvalue weighted by Gasteiger charge is 2.44. The number of carbonyl (C=O) groups excluding carboxylic acids is 1. The number of nitriles is 1. The molecule has 0 bridgehead atoms. The van der Waals surface area contributed by atoms with Crippen molar-refractivity contribution in [2.24, 2.45) is 0 Å². The highest BCUT2D eigenvalue weighted by atomic mass is 32.2. The van der Waals surface area contributed by atoms with Crippen molar-refractivity contribution >= 4 is 21.6 Å². The number of carbonyl (C=O) groups is 1. The van der Waals surface area contributed by atoms with Crippen LogP contribution < -0.4 is 10.1 Å². The summed E-state index contributed by atoms with van der Waals surface area (Å²) in [6.07, 6.45) is 1.70. The Kier molecular flexibility index (Phi) is 5.71. The second-order valence-electron chi connectivity index (χ2n) is 7.61. The quantitative estimate of drug-likeness (QED) is 0.738. The number of hydrogen-bond donors (Lipinski definition) is 1. The van der Waals surface area contributed by atoms with Crippen LogP contribution in [0.1, 0.15) is 28.8 Å². The van der Waals surface area contributed by atoms with E-state index in [2.05, 4.69) is 11.4 Å². The topological polar surface area (TPSA) is 109 Å². The number of sulfonamides is 1. The van der Waals surface area contributed by atoms with Crippen LogP contribution in [0.5, 0.6) is 5.75 Å². The first kappa shape index (κ1) is 21.3. The summed E-state index contributed by atoms with van der Waals surface area (Å²) in [6, 6.07) is 13.9. The highest BCUT2D eigenvalue weighted by Crippen LogP contribution is 2.47. The molecule has 2 aromatic rings. The van der Waals surface area contributed by atoms with E-state index in [0.29, 0.717) is 18.9 Å². The van der Waals surface area contributed by atoms with Crippen LogP contribution >= 0.6 is 0 Å². The van der Waals surface area contributed by atoms with Gasteiger partial charge in [-0.25, -0.2) is 8.42 Å². The Hall–Kier alpha value is -2.93. The van der Waals surface area contributed by atoms with Crippen LogP contribution in [-0.2, 0) is 20.2 Å². The lowest BCUT2D eigenvalue weighted by molar-refractivity contribution is 0.0729. The van der Waals surface area contributed by atoms with Crippen LogP contribution in [0.3, 0.4) is 0 Å². The number of amides is 1. The Morgan fingerprint density at radius 3 is 2.42 bits per heavy atom. The molecule has 1 heterocycles. The second-order valence-corrected chi connectivity index (χ2v) is 9.51. The largest absolute Gasteiger partial charge is 0.495 e. The lowest BCUT2D eigenvalue weighted by Crippen LogP contribution is -2.40. The molecule has 1 N–H and O–H groups in total. The van der Waals surface area contributed by atoms with E-state index < -0.39 is 15.9 Å². The Bertz CT molecular complexity index is 1130. The minimum absolute atomic E-state index is 0.0513. The summed E-state index contributed by atoms with van der Waals surface area (Å²) in [5, 5.41) is 12.1. The first-order valence-electron chi connectivity index (χ1n) is 9.99. The van der Waals surface area contributed by atoms with Crippen LogP contribution in [0.4, 0.5) is 5.69 Å². The minimum atomic E-state index is -3.83. The van der Waals surface area contributed by atoms with Gasteiger partial charge in [0.25, 0.3) is 5.91 Å². The zero-order chi connectivity index (χ0) is 22.1. The van der Waals surface area contributed by atoms with E-state index in [9.17, 15) is 18.5 Å². The fourth-order valence-corrected chi connectivity index (χ4v) is 5.20. The van der Waals surface area contributed by atoms with Crippen molar-refractivity contribution in [2.75, 3.05) is 38.7 Å². The Balaban J connectivity index is 1.56. The van der Waals surface area contributed by atoms with Gasteiger partial charge in [-0.2, -0.15) is 9.57 Å². The van der Waals surface area contributed by atoms with E-state index >= 15 is 0 Å².